The van der Waals surface area contributed by atoms with E-state index in [0.717, 1.165) is 29.0 Å². The van der Waals surface area contributed by atoms with E-state index in [4.69, 9.17) is 4.74 Å². The van der Waals surface area contributed by atoms with Gasteiger partial charge in [-0.05, 0) is 55.2 Å². The summed E-state index contributed by atoms with van der Waals surface area (Å²) in [7, 11) is 1.63. The number of carbonyl (C=O) groups excluding carboxylic acids is 1. The standard InChI is InChI=1S/C22H26N4O2S/c1-5-14(2)18-8-6-7-9-19(18)23-21(27)15(3)29-22-24-20(25-26-22)16-10-12-17(28-4)13-11-16/h6-15H,5H2,1-4H3,(H,23,27)(H,24,25,26)/t14-,15+/m0/s1. The number of benzene rings is 2. The third-order valence-corrected chi connectivity index (χ3v) is 5.80. The lowest BCUT2D eigenvalue weighted by molar-refractivity contribution is -0.115. The highest BCUT2D eigenvalue weighted by molar-refractivity contribution is 8.00. The Morgan fingerprint density at radius 1 is 1.17 bits per heavy atom. The topological polar surface area (TPSA) is 79.9 Å². The van der Waals surface area contributed by atoms with Gasteiger partial charge in [0.1, 0.15) is 5.75 Å². The van der Waals surface area contributed by atoms with Crippen molar-refractivity contribution in [2.24, 2.45) is 0 Å². The number of hydrogen-bond donors (Lipinski definition) is 2. The molecule has 1 aromatic heterocycles. The first kappa shape index (κ1) is 20.9. The maximum absolute atomic E-state index is 12.7. The molecule has 0 spiro atoms. The van der Waals surface area contributed by atoms with Crippen LogP contribution in [0.25, 0.3) is 11.4 Å². The molecule has 7 heteroatoms. The summed E-state index contributed by atoms with van der Waals surface area (Å²) in [5.41, 5.74) is 2.93. The molecule has 0 saturated heterocycles. The number of nitrogens with one attached hydrogen (secondary N) is 2. The Kier molecular flexibility index (Phi) is 6.93. The fraction of sp³-hybridized carbons (Fsp3) is 0.318. The van der Waals surface area contributed by atoms with Crippen molar-refractivity contribution in [2.45, 2.75) is 43.5 Å². The van der Waals surface area contributed by atoms with Crippen LogP contribution in [0.3, 0.4) is 0 Å². The van der Waals surface area contributed by atoms with Gasteiger partial charge in [0.25, 0.3) is 0 Å². The molecule has 0 radical (unpaired) electrons. The van der Waals surface area contributed by atoms with Gasteiger partial charge in [-0.1, -0.05) is 43.8 Å². The summed E-state index contributed by atoms with van der Waals surface area (Å²) in [6.45, 7) is 6.16. The van der Waals surface area contributed by atoms with Crippen LogP contribution in [0.1, 0.15) is 38.7 Å². The average Bonchev–Trinajstić information content (AvgIpc) is 3.22. The molecule has 2 atom stereocenters. The van der Waals surface area contributed by atoms with E-state index in [2.05, 4.69) is 40.4 Å². The van der Waals surface area contributed by atoms with Crippen LogP contribution in [-0.4, -0.2) is 33.4 Å². The van der Waals surface area contributed by atoms with Gasteiger partial charge in [0, 0.05) is 11.3 Å². The molecule has 0 fully saturated rings. The molecule has 2 N–H and O–H groups in total. The molecule has 29 heavy (non-hydrogen) atoms. The number of H-pyrrole nitrogens is 1. The molecule has 3 aromatic rings. The molecule has 3 rings (SSSR count). The smallest absolute Gasteiger partial charge is 0.237 e. The number of hydrogen-bond acceptors (Lipinski definition) is 5. The minimum atomic E-state index is -0.334. The number of carbonyl (C=O) groups is 1. The van der Waals surface area contributed by atoms with E-state index in [1.807, 2.05) is 49.4 Å². The van der Waals surface area contributed by atoms with E-state index in [-0.39, 0.29) is 11.2 Å². The van der Waals surface area contributed by atoms with E-state index in [9.17, 15) is 4.79 Å². The first-order chi connectivity index (χ1) is 14.0. The number of para-hydroxylation sites is 1. The third kappa shape index (κ3) is 5.17. The largest absolute Gasteiger partial charge is 0.497 e. The van der Waals surface area contributed by atoms with E-state index < -0.39 is 0 Å². The number of aromatic amines is 1. The van der Waals surface area contributed by atoms with Gasteiger partial charge >= 0.3 is 0 Å². The summed E-state index contributed by atoms with van der Waals surface area (Å²) < 4.78 is 5.17. The highest BCUT2D eigenvalue weighted by Crippen LogP contribution is 2.28. The molecule has 152 valence electrons. The Morgan fingerprint density at radius 2 is 1.90 bits per heavy atom. The van der Waals surface area contributed by atoms with E-state index in [1.54, 1.807) is 7.11 Å². The molecular weight excluding hydrogens is 384 g/mol. The lowest BCUT2D eigenvalue weighted by Gasteiger charge is -2.17. The Hall–Kier alpha value is -2.80. The van der Waals surface area contributed by atoms with Crippen molar-refractivity contribution >= 4 is 23.4 Å². The van der Waals surface area contributed by atoms with E-state index in [0.29, 0.717) is 16.9 Å². The quantitative estimate of drug-likeness (QED) is 0.504. The average molecular weight is 411 g/mol. The zero-order valence-corrected chi connectivity index (χ0v) is 17.9. The predicted molar refractivity (Wildman–Crippen MR) is 117 cm³/mol. The summed E-state index contributed by atoms with van der Waals surface area (Å²) in [4.78, 5) is 17.2. The number of nitrogens with zero attached hydrogens (tertiary/aromatic N) is 2. The monoisotopic (exact) mass is 410 g/mol. The number of ether oxygens (including phenoxy) is 1. The zero-order chi connectivity index (χ0) is 20.8. The van der Waals surface area contributed by atoms with E-state index in [1.165, 1.54) is 11.8 Å². The summed E-state index contributed by atoms with van der Waals surface area (Å²) in [5.74, 6) is 1.76. The van der Waals surface area contributed by atoms with Crippen LogP contribution < -0.4 is 10.1 Å². The zero-order valence-electron chi connectivity index (χ0n) is 17.1. The summed E-state index contributed by atoms with van der Waals surface area (Å²) in [6.07, 6.45) is 1.02. The van der Waals surface area contributed by atoms with Crippen LogP contribution in [0.4, 0.5) is 5.69 Å². The number of amides is 1. The maximum Gasteiger partial charge on any atom is 0.237 e. The van der Waals surface area contributed by atoms with Crippen molar-refractivity contribution in [3.05, 3.63) is 54.1 Å². The first-order valence-corrected chi connectivity index (χ1v) is 10.5. The molecule has 0 aliphatic heterocycles. The van der Waals surface area contributed by atoms with Gasteiger partial charge in [-0.3, -0.25) is 9.89 Å². The Morgan fingerprint density at radius 3 is 2.59 bits per heavy atom. The molecule has 0 saturated carbocycles. The minimum absolute atomic E-state index is 0.0680. The van der Waals surface area contributed by atoms with Gasteiger partial charge in [0.15, 0.2) is 5.82 Å². The second-order valence-electron chi connectivity index (χ2n) is 6.84. The van der Waals surface area contributed by atoms with Gasteiger partial charge in [-0.2, -0.15) is 0 Å². The van der Waals surface area contributed by atoms with E-state index >= 15 is 0 Å². The SMILES string of the molecule is CC[C@H](C)c1ccccc1NC(=O)[C@@H](C)Sc1n[nH]c(-c2ccc(OC)cc2)n1. The van der Waals surface area contributed by atoms with Crippen molar-refractivity contribution in [1.29, 1.82) is 0 Å². The molecular formula is C22H26N4O2S. The Balaban J connectivity index is 1.65. The molecule has 0 unspecified atom stereocenters. The lowest BCUT2D eigenvalue weighted by atomic mass is 9.97. The molecule has 0 aliphatic carbocycles. The van der Waals surface area contributed by atoms with Crippen LogP contribution in [0, 0.1) is 0 Å². The lowest BCUT2D eigenvalue weighted by Crippen LogP contribution is -2.23. The molecule has 1 heterocycles. The van der Waals surface area contributed by atoms with Crippen molar-refractivity contribution < 1.29 is 9.53 Å². The van der Waals surface area contributed by atoms with Crippen LogP contribution in [0.2, 0.25) is 0 Å². The van der Waals surface area contributed by atoms with Crippen molar-refractivity contribution in [1.82, 2.24) is 15.2 Å². The van der Waals surface area contributed by atoms with Gasteiger partial charge in [0.05, 0.1) is 12.4 Å². The van der Waals surface area contributed by atoms with Gasteiger partial charge in [-0.15, -0.1) is 5.10 Å². The Bertz CT molecular complexity index is 955. The Labute approximate surface area is 175 Å². The van der Waals surface area contributed by atoms with Gasteiger partial charge < -0.3 is 10.1 Å². The number of methoxy groups -OCH3 is 1. The third-order valence-electron chi connectivity index (χ3n) is 4.84. The molecule has 0 bridgehead atoms. The van der Waals surface area contributed by atoms with Crippen LogP contribution >= 0.6 is 11.8 Å². The molecule has 2 aromatic carbocycles. The predicted octanol–water partition coefficient (Wildman–Crippen LogP) is 5.11. The second kappa shape index (κ2) is 9.60. The fourth-order valence-corrected chi connectivity index (χ4v) is 3.61. The fourth-order valence-electron chi connectivity index (χ4n) is 2.88. The van der Waals surface area contributed by atoms with Gasteiger partial charge in [-0.25, -0.2) is 4.98 Å². The summed E-state index contributed by atoms with van der Waals surface area (Å²) >= 11 is 1.32. The normalized spacial score (nSPS) is 13.0. The number of anilines is 1. The second-order valence-corrected chi connectivity index (χ2v) is 8.15. The highest BCUT2D eigenvalue weighted by atomic mass is 32.2. The van der Waals surface area contributed by atoms with Gasteiger partial charge in [0.2, 0.25) is 11.1 Å². The van der Waals surface area contributed by atoms with Crippen LogP contribution in [0.15, 0.2) is 53.7 Å². The molecule has 6 nitrogen and oxygen atoms in total. The molecule has 0 aliphatic rings. The maximum atomic E-state index is 12.7. The number of aromatic nitrogens is 3. The number of rotatable bonds is 8. The van der Waals surface area contributed by atoms with Crippen LogP contribution in [0.5, 0.6) is 5.75 Å². The van der Waals surface area contributed by atoms with Crippen molar-refractivity contribution in [3.8, 4) is 17.1 Å². The number of thioether (sulfide) groups is 1. The summed E-state index contributed by atoms with van der Waals surface area (Å²) in [6, 6.07) is 15.5. The van der Waals surface area contributed by atoms with Crippen LogP contribution in [-0.2, 0) is 4.79 Å². The molecule has 1 amide bonds. The van der Waals surface area contributed by atoms with Crippen molar-refractivity contribution in [3.63, 3.8) is 0 Å². The first-order valence-electron chi connectivity index (χ1n) is 9.65. The minimum Gasteiger partial charge on any atom is -0.497 e. The highest BCUT2D eigenvalue weighted by Gasteiger charge is 2.19. The summed E-state index contributed by atoms with van der Waals surface area (Å²) in [5, 5.41) is 10.4. The van der Waals surface area contributed by atoms with Crippen molar-refractivity contribution in [2.75, 3.05) is 12.4 Å².